The summed E-state index contributed by atoms with van der Waals surface area (Å²) >= 11 is 0. The molecular formula is C26H42N2O2. The van der Waals surface area contributed by atoms with E-state index in [1.54, 1.807) is 0 Å². The Morgan fingerprint density at radius 3 is 2.33 bits per heavy atom. The molecule has 0 spiro atoms. The molecule has 4 nitrogen and oxygen atoms in total. The van der Waals surface area contributed by atoms with Gasteiger partial charge in [-0.2, -0.15) is 5.06 Å². The molecule has 2 atom stereocenters. The van der Waals surface area contributed by atoms with E-state index in [0.29, 0.717) is 0 Å². The quantitative estimate of drug-likeness (QED) is 0.579. The lowest BCUT2D eigenvalue weighted by atomic mass is 9.74. The van der Waals surface area contributed by atoms with Gasteiger partial charge in [0.1, 0.15) is 6.10 Å². The number of hydroxylamine groups is 2. The first-order chi connectivity index (χ1) is 14.3. The number of carbonyl (C=O) groups excluding carboxylic acids is 1. The predicted octanol–water partition coefficient (Wildman–Crippen LogP) is 6.18. The number of rotatable bonds is 7. The molecule has 30 heavy (non-hydrogen) atoms. The normalized spacial score (nSPS) is 25.6. The summed E-state index contributed by atoms with van der Waals surface area (Å²) in [5, 5.41) is 5.74. The molecule has 1 amide bonds. The lowest BCUT2D eigenvalue weighted by molar-refractivity contribution is -0.316. The van der Waals surface area contributed by atoms with Crippen LogP contribution < -0.4 is 5.32 Å². The molecule has 0 radical (unpaired) electrons. The number of piperidine rings is 1. The Bertz CT molecular complexity index is 678. The van der Waals surface area contributed by atoms with Crippen LogP contribution in [0.1, 0.15) is 104 Å². The standard InChI is InChI=1S/C26H42N2O2/c1-6-26(7-2)19-23(27-24(29)22-16-12-9-13-17-22)18-25(4,5)28(26)30-20(3)21-14-10-8-11-15-21/h8,10-11,14-15,20,22-23H,6-7,9,12-13,16-19H2,1-5H3,(H,27,29). The van der Waals surface area contributed by atoms with Gasteiger partial charge >= 0.3 is 0 Å². The molecule has 1 aliphatic carbocycles. The fourth-order valence-electron chi connectivity index (χ4n) is 5.75. The van der Waals surface area contributed by atoms with Crippen LogP contribution in [0.5, 0.6) is 0 Å². The van der Waals surface area contributed by atoms with Gasteiger partial charge in [0.05, 0.1) is 0 Å². The smallest absolute Gasteiger partial charge is 0.223 e. The highest BCUT2D eigenvalue weighted by Gasteiger charge is 2.50. The number of nitrogens with one attached hydrogen (secondary N) is 1. The lowest BCUT2D eigenvalue weighted by Crippen LogP contribution is -2.66. The average molecular weight is 415 g/mol. The molecule has 1 N–H and O–H groups in total. The number of hydrogen-bond acceptors (Lipinski definition) is 3. The van der Waals surface area contributed by atoms with Crippen molar-refractivity contribution in [1.29, 1.82) is 0 Å². The predicted molar refractivity (Wildman–Crippen MR) is 123 cm³/mol. The maximum absolute atomic E-state index is 13.0. The molecule has 1 aromatic carbocycles. The van der Waals surface area contributed by atoms with Gasteiger partial charge in [0, 0.05) is 23.0 Å². The van der Waals surface area contributed by atoms with Crippen LogP contribution in [-0.2, 0) is 9.63 Å². The molecule has 1 heterocycles. The minimum Gasteiger partial charge on any atom is -0.353 e. The number of nitrogens with zero attached hydrogens (tertiary/aromatic N) is 1. The fourth-order valence-corrected chi connectivity index (χ4v) is 5.75. The molecule has 3 rings (SSSR count). The van der Waals surface area contributed by atoms with E-state index >= 15 is 0 Å². The monoisotopic (exact) mass is 414 g/mol. The van der Waals surface area contributed by atoms with Gasteiger partial charge in [-0.05, 0) is 64.9 Å². The SMILES string of the molecule is CCC1(CC)CC(NC(=O)C2CCCCC2)CC(C)(C)N1OC(C)c1ccccc1. The number of carbonyl (C=O) groups is 1. The Morgan fingerprint density at radius 2 is 1.73 bits per heavy atom. The molecule has 2 fully saturated rings. The van der Waals surface area contributed by atoms with E-state index in [1.807, 2.05) is 6.07 Å². The summed E-state index contributed by atoms with van der Waals surface area (Å²) in [5.74, 6) is 0.496. The van der Waals surface area contributed by atoms with Crippen molar-refractivity contribution in [1.82, 2.24) is 10.4 Å². The van der Waals surface area contributed by atoms with Crippen molar-refractivity contribution in [2.75, 3.05) is 0 Å². The van der Waals surface area contributed by atoms with Crippen molar-refractivity contribution in [3.63, 3.8) is 0 Å². The highest BCUT2D eigenvalue weighted by Crippen LogP contribution is 2.44. The highest BCUT2D eigenvalue weighted by molar-refractivity contribution is 5.79. The van der Waals surface area contributed by atoms with E-state index in [9.17, 15) is 4.79 Å². The van der Waals surface area contributed by atoms with E-state index < -0.39 is 0 Å². The summed E-state index contributed by atoms with van der Waals surface area (Å²) in [5.41, 5.74) is 0.967. The van der Waals surface area contributed by atoms with Crippen LogP contribution in [-0.4, -0.2) is 28.1 Å². The largest absolute Gasteiger partial charge is 0.353 e. The molecule has 0 bridgehead atoms. The van der Waals surface area contributed by atoms with E-state index in [-0.39, 0.29) is 35.0 Å². The van der Waals surface area contributed by atoms with Crippen LogP contribution in [0.25, 0.3) is 0 Å². The highest BCUT2D eigenvalue weighted by atomic mass is 16.7. The topological polar surface area (TPSA) is 41.6 Å². The second-order valence-electron chi connectivity index (χ2n) is 10.1. The average Bonchev–Trinajstić information content (AvgIpc) is 2.76. The first-order valence-corrected chi connectivity index (χ1v) is 12.1. The van der Waals surface area contributed by atoms with E-state index in [2.05, 4.69) is 69.3 Å². The first kappa shape index (κ1) is 23.3. The van der Waals surface area contributed by atoms with Crippen molar-refractivity contribution in [2.24, 2.45) is 5.92 Å². The van der Waals surface area contributed by atoms with Gasteiger partial charge in [0.15, 0.2) is 0 Å². The minimum absolute atomic E-state index is 0.00340. The molecule has 2 unspecified atom stereocenters. The van der Waals surface area contributed by atoms with E-state index in [0.717, 1.165) is 38.5 Å². The molecule has 1 aliphatic heterocycles. The van der Waals surface area contributed by atoms with Crippen LogP contribution in [0.3, 0.4) is 0 Å². The van der Waals surface area contributed by atoms with Crippen LogP contribution in [0.2, 0.25) is 0 Å². The third kappa shape index (κ3) is 5.08. The van der Waals surface area contributed by atoms with Crippen LogP contribution in [0.4, 0.5) is 0 Å². The second-order valence-corrected chi connectivity index (χ2v) is 10.1. The summed E-state index contributed by atoms with van der Waals surface area (Å²) in [6.45, 7) is 11.2. The number of amides is 1. The molecular weight excluding hydrogens is 372 g/mol. The molecule has 1 aromatic rings. The van der Waals surface area contributed by atoms with E-state index in [4.69, 9.17) is 4.84 Å². The first-order valence-electron chi connectivity index (χ1n) is 12.1. The van der Waals surface area contributed by atoms with Gasteiger partial charge in [-0.25, -0.2) is 0 Å². The molecule has 1 saturated heterocycles. The Labute approximate surface area is 183 Å². The van der Waals surface area contributed by atoms with Crippen molar-refractivity contribution in [3.8, 4) is 0 Å². The number of hydrogen-bond donors (Lipinski definition) is 1. The van der Waals surface area contributed by atoms with Gasteiger partial charge in [-0.15, -0.1) is 0 Å². The van der Waals surface area contributed by atoms with Gasteiger partial charge in [0.2, 0.25) is 5.91 Å². The van der Waals surface area contributed by atoms with Gasteiger partial charge in [-0.3, -0.25) is 9.63 Å². The number of benzene rings is 1. The van der Waals surface area contributed by atoms with Crippen molar-refractivity contribution in [2.45, 2.75) is 116 Å². The third-order valence-electron chi connectivity index (χ3n) is 7.52. The summed E-state index contributed by atoms with van der Waals surface area (Å²) in [6, 6.07) is 10.7. The Kier molecular flexibility index (Phi) is 7.62. The zero-order valence-electron chi connectivity index (χ0n) is 19.7. The summed E-state index contributed by atoms with van der Waals surface area (Å²) in [4.78, 5) is 19.6. The summed E-state index contributed by atoms with van der Waals surface area (Å²) < 4.78 is 0. The molecule has 2 aliphatic rings. The molecule has 1 saturated carbocycles. The zero-order chi connectivity index (χ0) is 21.8. The fraction of sp³-hybridized carbons (Fsp3) is 0.731. The maximum Gasteiger partial charge on any atom is 0.223 e. The molecule has 0 aromatic heterocycles. The van der Waals surface area contributed by atoms with Crippen LogP contribution >= 0.6 is 0 Å². The maximum atomic E-state index is 13.0. The summed E-state index contributed by atoms with van der Waals surface area (Å²) in [6.07, 6.45) is 9.64. The molecule has 4 heteroatoms. The summed E-state index contributed by atoms with van der Waals surface area (Å²) in [7, 11) is 0. The van der Waals surface area contributed by atoms with Gasteiger partial charge in [-0.1, -0.05) is 63.4 Å². The van der Waals surface area contributed by atoms with Crippen molar-refractivity contribution in [3.05, 3.63) is 35.9 Å². The third-order valence-corrected chi connectivity index (χ3v) is 7.52. The van der Waals surface area contributed by atoms with Crippen molar-refractivity contribution >= 4 is 5.91 Å². The minimum atomic E-state index is -0.155. The second kappa shape index (κ2) is 9.82. The lowest BCUT2D eigenvalue weighted by Gasteiger charge is -2.57. The Hall–Kier alpha value is -1.39. The Morgan fingerprint density at radius 1 is 1.10 bits per heavy atom. The Balaban J connectivity index is 1.75. The van der Waals surface area contributed by atoms with Crippen molar-refractivity contribution < 1.29 is 9.63 Å². The zero-order valence-corrected chi connectivity index (χ0v) is 19.7. The van der Waals surface area contributed by atoms with Gasteiger partial charge < -0.3 is 5.32 Å². The van der Waals surface area contributed by atoms with Crippen LogP contribution in [0.15, 0.2) is 30.3 Å². The van der Waals surface area contributed by atoms with E-state index in [1.165, 1.54) is 24.8 Å². The molecule has 168 valence electrons. The van der Waals surface area contributed by atoms with Gasteiger partial charge in [0.25, 0.3) is 0 Å². The van der Waals surface area contributed by atoms with Crippen LogP contribution in [0, 0.1) is 5.92 Å².